The van der Waals surface area contributed by atoms with E-state index in [1.165, 1.54) is 6.42 Å². The average Bonchev–Trinajstić information content (AvgIpc) is 2.98. The molecule has 1 aromatic carbocycles. The van der Waals surface area contributed by atoms with Gasteiger partial charge in [-0.3, -0.25) is 4.57 Å². The van der Waals surface area contributed by atoms with Gasteiger partial charge in [-0.05, 0) is 31.5 Å². The molecule has 1 fully saturated rings. The van der Waals surface area contributed by atoms with Crippen molar-refractivity contribution >= 4 is 11.0 Å². The molecule has 0 spiro atoms. The van der Waals surface area contributed by atoms with Gasteiger partial charge < -0.3 is 15.0 Å². The monoisotopic (exact) mass is 247 g/mol. The van der Waals surface area contributed by atoms with Crippen LogP contribution in [-0.4, -0.2) is 29.2 Å². The van der Waals surface area contributed by atoms with Gasteiger partial charge in [-0.2, -0.15) is 0 Å². The van der Waals surface area contributed by atoms with Crippen molar-refractivity contribution in [1.82, 2.24) is 14.9 Å². The van der Waals surface area contributed by atoms with Gasteiger partial charge in [0.1, 0.15) is 5.75 Å². The fourth-order valence-electron chi connectivity index (χ4n) is 2.58. The molecule has 2 aromatic rings. The number of H-pyrrole nitrogens is 1. The summed E-state index contributed by atoms with van der Waals surface area (Å²) < 4.78 is 6.96. The fourth-order valence-corrected chi connectivity index (χ4v) is 2.58. The first-order valence-electron chi connectivity index (χ1n) is 6.28. The number of benzene rings is 1. The van der Waals surface area contributed by atoms with Crippen LogP contribution in [0.1, 0.15) is 12.8 Å². The van der Waals surface area contributed by atoms with Gasteiger partial charge in [-0.15, -0.1) is 0 Å². The van der Waals surface area contributed by atoms with Gasteiger partial charge in [0.15, 0.2) is 0 Å². The van der Waals surface area contributed by atoms with Gasteiger partial charge in [0, 0.05) is 18.7 Å². The molecule has 3 rings (SSSR count). The van der Waals surface area contributed by atoms with Crippen LogP contribution in [0.25, 0.3) is 11.0 Å². The van der Waals surface area contributed by atoms with Crippen molar-refractivity contribution in [3.63, 3.8) is 0 Å². The first kappa shape index (κ1) is 11.3. The van der Waals surface area contributed by atoms with Gasteiger partial charge >= 0.3 is 5.69 Å². The van der Waals surface area contributed by atoms with Crippen LogP contribution in [0.2, 0.25) is 0 Å². The molecule has 1 aliphatic rings. The number of ether oxygens (including phenoxy) is 1. The lowest BCUT2D eigenvalue weighted by atomic mass is 10.2. The summed E-state index contributed by atoms with van der Waals surface area (Å²) in [6.07, 6.45) is 2.32. The van der Waals surface area contributed by atoms with Gasteiger partial charge in [-0.25, -0.2) is 4.79 Å². The highest BCUT2D eigenvalue weighted by Crippen LogP contribution is 2.19. The third-order valence-corrected chi connectivity index (χ3v) is 3.55. The maximum Gasteiger partial charge on any atom is 0.326 e. The van der Waals surface area contributed by atoms with Crippen molar-refractivity contribution in [3.05, 3.63) is 28.7 Å². The van der Waals surface area contributed by atoms with E-state index in [9.17, 15) is 4.79 Å². The second-order valence-electron chi connectivity index (χ2n) is 4.72. The molecule has 1 saturated heterocycles. The molecule has 0 saturated carbocycles. The van der Waals surface area contributed by atoms with E-state index in [4.69, 9.17) is 4.74 Å². The predicted molar refractivity (Wildman–Crippen MR) is 70.1 cm³/mol. The molecule has 1 aliphatic heterocycles. The molecule has 5 nitrogen and oxygen atoms in total. The number of aromatic nitrogens is 2. The first-order chi connectivity index (χ1) is 8.78. The first-order valence-corrected chi connectivity index (χ1v) is 6.28. The smallest absolute Gasteiger partial charge is 0.326 e. The zero-order chi connectivity index (χ0) is 12.5. The minimum Gasteiger partial charge on any atom is -0.497 e. The lowest BCUT2D eigenvalue weighted by molar-refractivity contribution is 0.415. The second-order valence-corrected chi connectivity index (χ2v) is 4.72. The largest absolute Gasteiger partial charge is 0.497 e. The van der Waals surface area contributed by atoms with E-state index in [2.05, 4.69) is 10.3 Å². The lowest BCUT2D eigenvalue weighted by Gasteiger charge is -2.11. The number of rotatable bonds is 3. The highest BCUT2D eigenvalue weighted by molar-refractivity contribution is 5.76. The average molecular weight is 247 g/mol. The summed E-state index contributed by atoms with van der Waals surface area (Å²) in [5.74, 6) is 0.759. The minimum absolute atomic E-state index is 0.0491. The fraction of sp³-hybridized carbons (Fsp3) is 0.462. The summed E-state index contributed by atoms with van der Waals surface area (Å²) in [5.41, 5.74) is 1.72. The number of hydrogen-bond acceptors (Lipinski definition) is 3. The van der Waals surface area contributed by atoms with Gasteiger partial charge in [0.2, 0.25) is 0 Å². The van der Waals surface area contributed by atoms with Crippen LogP contribution in [0, 0.1) is 0 Å². The Bertz CT molecular complexity index is 608. The number of fused-ring (bicyclic) bond motifs is 1. The third kappa shape index (κ3) is 1.90. The Morgan fingerprint density at radius 2 is 2.39 bits per heavy atom. The van der Waals surface area contributed by atoms with Gasteiger partial charge in [-0.1, -0.05) is 0 Å². The summed E-state index contributed by atoms with van der Waals surface area (Å²) >= 11 is 0. The van der Waals surface area contributed by atoms with Crippen LogP contribution in [-0.2, 0) is 6.54 Å². The van der Waals surface area contributed by atoms with E-state index in [0.29, 0.717) is 6.04 Å². The Morgan fingerprint density at radius 1 is 1.50 bits per heavy atom. The number of aromatic amines is 1. The van der Waals surface area contributed by atoms with Crippen molar-refractivity contribution in [2.45, 2.75) is 25.4 Å². The molecule has 0 radical (unpaired) electrons. The molecule has 1 aromatic heterocycles. The minimum atomic E-state index is -0.0491. The zero-order valence-electron chi connectivity index (χ0n) is 10.4. The van der Waals surface area contributed by atoms with Crippen LogP contribution in [0.4, 0.5) is 0 Å². The highest BCUT2D eigenvalue weighted by atomic mass is 16.5. The standard InChI is InChI=1S/C13H17N3O2/c1-18-10-4-5-12-11(7-10)15-13(17)16(12)8-9-3-2-6-14-9/h4-5,7,9,14H,2-3,6,8H2,1H3,(H,15,17). The van der Waals surface area contributed by atoms with Crippen molar-refractivity contribution in [1.29, 1.82) is 0 Å². The lowest BCUT2D eigenvalue weighted by Crippen LogP contribution is -2.31. The van der Waals surface area contributed by atoms with Crippen molar-refractivity contribution in [2.75, 3.05) is 13.7 Å². The topological polar surface area (TPSA) is 59.1 Å². The number of nitrogens with zero attached hydrogens (tertiary/aromatic N) is 1. The van der Waals surface area contributed by atoms with E-state index in [0.717, 1.165) is 36.3 Å². The number of imidazole rings is 1. The Labute approximate surface area is 105 Å². The third-order valence-electron chi connectivity index (χ3n) is 3.55. The Morgan fingerprint density at radius 3 is 3.11 bits per heavy atom. The number of nitrogens with one attached hydrogen (secondary N) is 2. The summed E-state index contributed by atoms with van der Waals surface area (Å²) in [7, 11) is 1.62. The Hall–Kier alpha value is -1.75. The molecule has 96 valence electrons. The van der Waals surface area contributed by atoms with Crippen LogP contribution >= 0.6 is 0 Å². The molecule has 0 aliphatic carbocycles. The van der Waals surface area contributed by atoms with Crippen molar-refractivity contribution in [2.24, 2.45) is 0 Å². The molecular weight excluding hydrogens is 230 g/mol. The Kier molecular flexibility index (Phi) is 2.83. The van der Waals surface area contributed by atoms with Crippen molar-refractivity contribution < 1.29 is 4.74 Å². The summed E-state index contributed by atoms with van der Waals surface area (Å²) in [5, 5.41) is 3.41. The van der Waals surface area contributed by atoms with E-state index in [1.807, 2.05) is 18.2 Å². The molecule has 1 unspecified atom stereocenters. The zero-order valence-corrected chi connectivity index (χ0v) is 10.4. The van der Waals surface area contributed by atoms with Gasteiger partial charge in [0.25, 0.3) is 0 Å². The van der Waals surface area contributed by atoms with E-state index in [-0.39, 0.29) is 5.69 Å². The number of hydrogen-bond donors (Lipinski definition) is 2. The van der Waals surface area contributed by atoms with E-state index < -0.39 is 0 Å². The summed E-state index contributed by atoms with van der Waals surface area (Å²) in [6, 6.07) is 6.08. The van der Waals surface area contributed by atoms with E-state index >= 15 is 0 Å². The van der Waals surface area contributed by atoms with Crippen LogP contribution in [0.5, 0.6) is 5.75 Å². The molecule has 2 N–H and O–H groups in total. The quantitative estimate of drug-likeness (QED) is 0.853. The van der Waals surface area contributed by atoms with Gasteiger partial charge in [0.05, 0.1) is 18.1 Å². The molecule has 1 atom stereocenters. The molecule has 5 heteroatoms. The SMILES string of the molecule is COc1ccc2c(c1)[nH]c(=O)n2CC1CCCN1. The van der Waals surface area contributed by atoms with Crippen LogP contribution < -0.4 is 15.7 Å². The second kappa shape index (κ2) is 4.49. The molecule has 0 bridgehead atoms. The van der Waals surface area contributed by atoms with Crippen molar-refractivity contribution in [3.8, 4) is 5.75 Å². The highest BCUT2D eigenvalue weighted by Gasteiger charge is 2.17. The Balaban J connectivity index is 2.00. The molecule has 0 amide bonds. The number of methoxy groups -OCH3 is 1. The maximum absolute atomic E-state index is 12.0. The summed E-state index contributed by atoms with van der Waals surface area (Å²) in [6.45, 7) is 1.78. The van der Waals surface area contributed by atoms with Crippen LogP contribution in [0.15, 0.2) is 23.0 Å². The molecular formula is C13H17N3O2. The summed E-state index contributed by atoms with van der Waals surface area (Å²) in [4.78, 5) is 14.8. The van der Waals surface area contributed by atoms with E-state index in [1.54, 1.807) is 11.7 Å². The normalized spacial score (nSPS) is 19.5. The van der Waals surface area contributed by atoms with Crippen LogP contribution in [0.3, 0.4) is 0 Å². The molecule has 2 heterocycles. The maximum atomic E-state index is 12.0. The molecule has 18 heavy (non-hydrogen) atoms. The predicted octanol–water partition coefficient (Wildman–Crippen LogP) is 1.09.